The first-order chi connectivity index (χ1) is 4.39. The van der Waals surface area contributed by atoms with E-state index in [4.69, 9.17) is 63.1 Å². The molecule has 10 heavy (non-hydrogen) atoms. The normalized spacial score (nSPS) is 15.9. The van der Waals surface area contributed by atoms with Crippen LogP contribution in [0.25, 0.3) is 0 Å². The van der Waals surface area contributed by atoms with Crippen LogP contribution in [-0.4, -0.2) is 20.3 Å². The van der Waals surface area contributed by atoms with E-state index in [9.17, 15) is 0 Å². The molecule has 0 spiro atoms. The van der Waals surface area contributed by atoms with Gasteiger partial charge in [-0.2, -0.15) is 0 Å². The van der Waals surface area contributed by atoms with Gasteiger partial charge >= 0.3 is 0 Å². The molecule has 0 fully saturated rings. The van der Waals surface area contributed by atoms with Crippen LogP contribution in [0.15, 0.2) is 0 Å². The molecule has 0 aliphatic carbocycles. The first-order valence-corrected chi connectivity index (χ1v) is 4.36. The molecule has 0 heterocycles. The van der Waals surface area contributed by atoms with Crippen LogP contribution in [0.5, 0.6) is 0 Å². The van der Waals surface area contributed by atoms with E-state index in [1.165, 1.54) is 0 Å². The Hall–Kier alpha value is 1.41. The fourth-order valence-corrected chi connectivity index (χ4v) is 1.84. The molecule has 0 rings (SSSR count). The van der Waals surface area contributed by atoms with Gasteiger partial charge in [0.1, 0.15) is 4.84 Å². The zero-order valence-electron chi connectivity index (χ0n) is 4.70. The Balaban J connectivity index is 4.07. The Kier molecular flexibility index (Phi) is 5.07. The van der Waals surface area contributed by atoms with Crippen molar-refractivity contribution in [3.05, 3.63) is 0 Å². The van der Waals surface area contributed by atoms with Gasteiger partial charge in [-0.05, 0) is 0 Å². The second kappa shape index (κ2) is 4.44. The van der Waals surface area contributed by atoms with Gasteiger partial charge in [0.2, 0.25) is 0 Å². The van der Waals surface area contributed by atoms with Gasteiger partial charge in [-0.3, -0.25) is 0 Å². The lowest BCUT2D eigenvalue weighted by atomic mass is 10.2. The predicted molar refractivity (Wildman–Crippen MR) is 46.4 cm³/mol. The molecule has 0 radical (unpaired) electrons. The van der Waals surface area contributed by atoms with Crippen molar-refractivity contribution < 1.29 is 5.11 Å². The Morgan fingerprint density at radius 1 is 1.20 bits per heavy atom. The number of hydrogen-bond acceptors (Lipinski definition) is 1. The number of aliphatic hydroxyl groups is 1. The number of aliphatic hydroxyl groups excluding tert-OH is 1. The number of halogens is 5. The number of alkyl halides is 5. The van der Waals surface area contributed by atoms with E-state index in [0.29, 0.717) is 0 Å². The minimum atomic E-state index is -1.61. The van der Waals surface area contributed by atoms with Crippen molar-refractivity contribution in [3.63, 3.8) is 0 Å². The van der Waals surface area contributed by atoms with Crippen molar-refractivity contribution in [1.29, 1.82) is 0 Å². The molecule has 0 aliphatic rings. The fourth-order valence-electron chi connectivity index (χ4n) is 0.326. The van der Waals surface area contributed by atoms with E-state index in [1.807, 2.05) is 0 Å². The first-order valence-electron chi connectivity index (χ1n) is 2.35. The molecule has 0 aromatic carbocycles. The molecule has 1 unspecified atom stereocenters. The van der Waals surface area contributed by atoms with Gasteiger partial charge in [0.05, 0.1) is 12.5 Å². The topological polar surface area (TPSA) is 20.2 Å². The van der Waals surface area contributed by atoms with E-state index in [-0.39, 0.29) is 6.61 Å². The molecule has 1 nitrogen and oxygen atoms in total. The third-order valence-electron chi connectivity index (χ3n) is 0.921. The lowest BCUT2D eigenvalue weighted by Gasteiger charge is -2.22. The molecule has 0 aromatic rings. The SMILES string of the molecule is OCC(C(Cl)Cl)C(Cl)(Cl)Cl. The van der Waals surface area contributed by atoms with Gasteiger partial charge in [0.25, 0.3) is 0 Å². The van der Waals surface area contributed by atoms with Crippen molar-refractivity contribution >= 4 is 58.0 Å². The largest absolute Gasteiger partial charge is 0.396 e. The summed E-state index contributed by atoms with van der Waals surface area (Å²) in [6, 6.07) is 0. The quantitative estimate of drug-likeness (QED) is 0.743. The first kappa shape index (κ1) is 11.4. The zero-order chi connectivity index (χ0) is 8.36. The average molecular weight is 246 g/mol. The van der Waals surface area contributed by atoms with Gasteiger partial charge < -0.3 is 5.11 Å². The summed E-state index contributed by atoms with van der Waals surface area (Å²) in [4.78, 5) is -0.877. The summed E-state index contributed by atoms with van der Waals surface area (Å²) in [6.45, 7) is -0.353. The standard InChI is InChI=1S/C4H5Cl5O/c5-3(6)2(1-10)4(7,8)9/h2-3,10H,1H2. The molecule has 0 aromatic heterocycles. The van der Waals surface area contributed by atoms with E-state index in [2.05, 4.69) is 0 Å². The van der Waals surface area contributed by atoms with Crippen LogP contribution in [-0.2, 0) is 0 Å². The molecule has 1 atom stereocenters. The van der Waals surface area contributed by atoms with Gasteiger partial charge in [-0.25, -0.2) is 0 Å². The molecule has 6 heteroatoms. The van der Waals surface area contributed by atoms with E-state index >= 15 is 0 Å². The molecule has 0 saturated heterocycles. The van der Waals surface area contributed by atoms with Gasteiger partial charge in [-0.15, -0.1) is 23.2 Å². The lowest BCUT2D eigenvalue weighted by molar-refractivity contribution is 0.236. The summed E-state index contributed by atoms with van der Waals surface area (Å²) >= 11 is 27.0. The summed E-state index contributed by atoms with van der Waals surface area (Å²) in [5, 5.41) is 8.61. The van der Waals surface area contributed by atoms with Crippen LogP contribution in [0.2, 0.25) is 0 Å². The van der Waals surface area contributed by atoms with E-state index in [0.717, 1.165) is 0 Å². The van der Waals surface area contributed by atoms with Gasteiger partial charge in [0, 0.05) is 0 Å². The Morgan fingerprint density at radius 3 is 1.60 bits per heavy atom. The number of hydrogen-bond donors (Lipinski definition) is 1. The maximum absolute atomic E-state index is 8.61. The van der Waals surface area contributed by atoms with Crippen LogP contribution >= 0.6 is 58.0 Å². The number of rotatable bonds is 2. The molecular formula is C4H5Cl5O. The van der Waals surface area contributed by atoms with Crippen LogP contribution in [0.3, 0.4) is 0 Å². The van der Waals surface area contributed by atoms with Crippen LogP contribution < -0.4 is 0 Å². The summed E-state index contributed by atoms with van der Waals surface area (Å²) < 4.78 is -1.61. The third-order valence-corrected chi connectivity index (χ3v) is 2.37. The molecule has 62 valence electrons. The van der Waals surface area contributed by atoms with Crippen molar-refractivity contribution in [3.8, 4) is 0 Å². The molecule has 0 aliphatic heterocycles. The van der Waals surface area contributed by atoms with Crippen LogP contribution in [0.4, 0.5) is 0 Å². The minimum Gasteiger partial charge on any atom is -0.396 e. The molecule has 1 N–H and O–H groups in total. The van der Waals surface area contributed by atoms with Crippen LogP contribution in [0.1, 0.15) is 0 Å². The lowest BCUT2D eigenvalue weighted by Crippen LogP contribution is -2.28. The summed E-state index contributed by atoms with van der Waals surface area (Å²) in [5.41, 5.74) is 0. The minimum absolute atomic E-state index is 0.353. The fraction of sp³-hybridized carbons (Fsp3) is 1.00. The van der Waals surface area contributed by atoms with Crippen molar-refractivity contribution in [2.75, 3.05) is 6.61 Å². The van der Waals surface area contributed by atoms with Crippen molar-refractivity contribution in [1.82, 2.24) is 0 Å². The summed E-state index contributed by atoms with van der Waals surface area (Å²) in [5.74, 6) is -0.749. The monoisotopic (exact) mass is 244 g/mol. The van der Waals surface area contributed by atoms with E-state index in [1.54, 1.807) is 0 Å². The maximum atomic E-state index is 8.61. The zero-order valence-corrected chi connectivity index (χ0v) is 8.48. The van der Waals surface area contributed by atoms with Crippen LogP contribution in [0, 0.1) is 5.92 Å². The highest BCUT2D eigenvalue weighted by atomic mass is 35.6. The van der Waals surface area contributed by atoms with Gasteiger partial charge in [-0.1, -0.05) is 34.8 Å². The van der Waals surface area contributed by atoms with Crippen molar-refractivity contribution in [2.45, 2.75) is 8.63 Å². The second-order valence-corrected chi connectivity index (χ2v) is 5.20. The second-order valence-electron chi connectivity index (χ2n) is 1.67. The highest BCUT2D eigenvalue weighted by molar-refractivity contribution is 6.68. The van der Waals surface area contributed by atoms with Gasteiger partial charge in [0.15, 0.2) is 3.79 Å². The Morgan fingerprint density at radius 2 is 1.60 bits per heavy atom. The summed E-state index contributed by atoms with van der Waals surface area (Å²) in [7, 11) is 0. The summed E-state index contributed by atoms with van der Waals surface area (Å²) in [6.07, 6.45) is 0. The van der Waals surface area contributed by atoms with E-state index < -0.39 is 14.5 Å². The molecule has 0 saturated carbocycles. The average Bonchev–Trinajstić information content (AvgIpc) is 1.60. The third kappa shape index (κ3) is 3.70. The van der Waals surface area contributed by atoms with Crippen molar-refractivity contribution in [2.24, 2.45) is 5.92 Å². The highest BCUT2D eigenvalue weighted by Gasteiger charge is 2.36. The highest BCUT2D eigenvalue weighted by Crippen LogP contribution is 2.39. The Labute approximate surface area is 84.1 Å². The molecule has 0 amide bonds. The predicted octanol–water partition coefficient (Wildman–Crippen LogP) is 2.77. The Bertz CT molecular complexity index is 98.3. The molecular weight excluding hydrogens is 241 g/mol. The molecule has 0 bridgehead atoms. The smallest absolute Gasteiger partial charge is 0.198 e. The maximum Gasteiger partial charge on any atom is 0.198 e.